The fourth-order valence-electron chi connectivity index (χ4n) is 3.50. The van der Waals surface area contributed by atoms with Gasteiger partial charge in [-0.25, -0.2) is 9.48 Å². The number of aliphatic carboxylic acids is 1. The average molecular weight is 304 g/mol. The molecule has 1 unspecified atom stereocenters. The third-order valence-electron chi connectivity index (χ3n) is 4.84. The van der Waals surface area contributed by atoms with E-state index in [4.69, 9.17) is 0 Å². The summed E-state index contributed by atoms with van der Waals surface area (Å²) in [4.78, 5) is 13.1. The van der Waals surface area contributed by atoms with Gasteiger partial charge in [0.1, 0.15) is 0 Å². The molecule has 110 valence electrons. The average Bonchev–Trinajstić information content (AvgIpc) is 3.04. The van der Waals surface area contributed by atoms with Crippen LogP contribution >= 0.6 is 11.3 Å². The molecule has 0 radical (unpaired) electrons. The number of fused-ring (bicyclic) bond motifs is 1. The highest BCUT2D eigenvalue weighted by molar-refractivity contribution is 7.10. The lowest BCUT2D eigenvalue weighted by Gasteiger charge is -2.38. The summed E-state index contributed by atoms with van der Waals surface area (Å²) in [6.45, 7) is 0. The molecule has 2 aromatic rings. The zero-order valence-electron chi connectivity index (χ0n) is 11.5. The molecule has 0 aromatic carbocycles. The normalized spacial score (nSPS) is 23.3. The first-order valence-electron chi connectivity index (χ1n) is 7.31. The summed E-state index contributed by atoms with van der Waals surface area (Å²) < 4.78 is 1.59. The van der Waals surface area contributed by atoms with E-state index in [9.17, 15) is 9.90 Å². The quantitative estimate of drug-likeness (QED) is 0.940. The SMILES string of the molecule is O=C(O)C1(n2nnnc2C2CCCc3sccc32)CCC1. The van der Waals surface area contributed by atoms with Crippen LogP contribution in [-0.2, 0) is 16.8 Å². The number of thiophene rings is 1. The Labute approximate surface area is 125 Å². The molecule has 2 heterocycles. The molecule has 2 aliphatic rings. The van der Waals surface area contributed by atoms with Crippen molar-refractivity contribution in [2.75, 3.05) is 0 Å². The minimum absolute atomic E-state index is 0.131. The second kappa shape index (κ2) is 4.62. The lowest BCUT2D eigenvalue weighted by molar-refractivity contribution is -0.153. The highest BCUT2D eigenvalue weighted by Crippen LogP contribution is 2.43. The van der Waals surface area contributed by atoms with Gasteiger partial charge in [0.05, 0.1) is 0 Å². The van der Waals surface area contributed by atoms with Crippen molar-refractivity contribution in [3.63, 3.8) is 0 Å². The molecule has 2 aliphatic carbocycles. The molecule has 1 atom stereocenters. The standard InChI is InChI=1S/C14H16N4O2S/c19-13(20)14(6-2-7-14)18-12(15-16-17-18)10-3-1-4-11-9(10)5-8-21-11/h5,8,10H,1-4,6-7H2,(H,19,20). The van der Waals surface area contributed by atoms with Crippen LogP contribution in [-0.4, -0.2) is 31.3 Å². The molecular formula is C14H16N4O2S. The zero-order chi connectivity index (χ0) is 14.4. The van der Waals surface area contributed by atoms with Gasteiger partial charge in [-0.2, -0.15) is 0 Å². The van der Waals surface area contributed by atoms with E-state index >= 15 is 0 Å². The van der Waals surface area contributed by atoms with Crippen molar-refractivity contribution in [2.24, 2.45) is 0 Å². The second-order valence-corrected chi connectivity index (χ2v) is 6.88. The van der Waals surface area contributed by atoms with Crippen molar-refractivity contribution >= 4 is 17.3 Å². The van der Waals surface area contributed by atoms with Crippen LogP contribution in [0.3, 0.4) is 0 Å². The van der Waals surface area contributed by atoms with Crippen LogP contribution in [0.15, 0.2) is 11.4 Å². The fourth-order valence-corrected chi connectivity index (χ4v) is 4.49. The molecule has 2 aromatic heterocycles. The number of aromatic nitrogens is 4. The van der Waals surface area contributed by atoms with Crippen LogP contribution in [0.4, 0.5) is 0 Å². The minimum Gasteiger partial charge on any atom is -0.479 e. The Morgan fingerprint density at radius 2 is 2.29 bits per heavy atom. The largest absolute Gasteiger partial charge is 0.479 e. The smallest absolute Gasteiger partial charge is 0.331 e. The molecule has 0 aliphatic heterocycles. The van der Waals surface area contributed by atoms with E-state index in [0.717, 1.165) is 31.5 Å². The van der Waals surface area contributed by atoms with Crippen molar-refractivity contribution in [2.45, 2.75) is 50.0 Å². The van der Waals surface area contributed by atoms with Crippen LogP contribution in [0.5, 0.6) is 0 Å². The van der Waals surface area contributed by atoms with E-state index in [1.165, 1.54) is 10.4 Å². The van der Waals surface area contributed by atoms with E-state index < -0.39 is 11.5 Å². The van der Waals surface area contributed by atoms with Crippen molar-refractivity contribution in [1.82, 2.24) is 20.2 Å². The van der Waals surface area contributed by atoms with Crippen molar-refractivity contribution in [3.8, 4) is 0 Å². The Balaban J connectivity index is 1.79. The van der Waals surface area contributed by atoms with Crippen LogP contribution < -0.4 is 0 Å². The van der Waals surface area contributed by atoms with Gasteiger partial charge >= 0.3 is 5.97 Å². The predicted molar refractivity (Wildman–Crippen MR) is 76.4 cm³/mol. The van der Waals surface area contributed by atoms with Gasteiger partial charge < -0.3 is 5.11 Å². The Bertz CT molecular complexity index is 689. The topological polar surface area (TPSA) is 80.9 Å². The van der Waals surface area contributed by atoms with E-state index in [0.29, 0.717) is 12.8 Å². The summed E-state index contributed by atoms with van der Waals surface area (Å²) in [5.74, 6) is 0.0342. The number of hydrogen-bond acceptors (Lipinski definition) is 5. The molecule has 1 fully saturated rings. The number of carboxylic acids is 1. The van der Waals surface area contributed by atoms with Crippen molar-refractivity contribution in [1.29, 1.82) is 0 Å². The number of hydrogen-bond donors (Lipinski definition) is 1. The van der Waals surface area contributed by atoms with Gasteiger partial charge in [0, 0.05) is 10.8 Å². The summed E-state index contributed by atoms with van der Waals surface area (Å²) in [6.07, 6.45) is 5.34. The number of carboxylic acid groups (broad SMARTS) is 1. The third kappa shape index (κ3) is 1.76. The molecule has 7 heteroatoms. The number of tetrazole rings is 1. The molecule has 0 amide bonds. The van der Waals surface area contributed by atoms with E-state index in [1.807, 2.05) is 0 Å². The molecule has 1 saturated carbocycles. The van der Waals surface area contributed by atoms with Gasteiger partial charge in [-0.05, 0) is 66.0 Å². The first-order chi connectivity index (χ1) is 10.2. The predicted octanol–water partition coefficient (Wildman–Crippen LogP) is 2.17. The maximum atomic E-state index is 11.7. The molecule has 1 N–H and O–H groups in total. The van der Waals surface area contributed by atoms with Crippen molar-refractivity contribution in [3.05, 3.63) is 27.7 Å². The monoisotopic (exact) mass is 304 g/mol. The summed E-state index contributed by atoms with van der Waals surface area (Å²) in [7, 11) is 0. The number of aryl methyl sites for hydroxylation is 1. The lowest BCUT2D eigenvalue weighted by Crippen LogP contribution is -2.49. The number of rotatable bonds is 3. The molecule has 0 spiro atoms. The third-order valence-corrected chi connectivity index (χ3v) is 5.84. The molecule has 21 heavy (non-hydrogen) atoms. The minimum atomic E-state index is -0.924. The zero-order valence-corrected chi connectivity index (χ0v) is 12.3. The Morgan fingerprint density at radius 1 is 1.43 bits per heavy atom. The van der Waals surface area contributed by atoms with Crippen molar-refractivity contribution < 1.29 is 9.90 Å². The maximum Gasteiger partial charge on any atom is 0.331 e. The van der Waals surface area contributed by atoms with E-state index in [2.05, 4.69) is 27.0 Å². The Morgan fingerprint density at radius 3 is 3.00 bits per heavy atom. The lowest BCUT2D eigenvalue weighted by atomic mass is 9.76. The van der Waals surface area contributed by atoms with Gasteiger partial charge in [0.2, 0.25) is 0 Å². The number of nitrogens with zero attached hydrogens (tertiary/aromatic N) is 4. The molecule has 4 rings (SSSR count). The Kier molecular flexibility index (Phi) is 2.85. The molecule has 0 saturated heterocycles. The highest BCUT2D eigenvalue weighted by Gasteiger charge is 2.49. The van der Waals surface area contributed by atoms with Gasteiger partial charge in [-0.1, -0.05) is 0 Å². The van der Waals surface area contributed by atoms with Gasteiger partial charge in [0.25, 0.3) is 0 Å². The van der Waals surface area contributed by atoms with Gasteiger partial charge in [-0.15, -0.1) is 16.4 Å². The first-order valence-corrected chi connectivity index (χ1v) is 8.19. The molecular weight excluding hydrogens is 288 g/mol. The summed E-state index contributed by atoms with van der Waals surface area (Å²) >= 11 is 1.77. The van der Waals surface area contributed by atoms with E-state index in [1.54, 1.807) is 16.0 Å². The summed E-state index contributed by atoms with van der Waals surface area (Å²) in [5, 5.41) is 23.7. The second-order valence-electron chi connectivity index (χ2n) is 5.88. The van der Waals surface area contributed by atoms with Gasteiger partial charge in [0.15, 0.2) is 11.4 Å². The van der Waals surface area contributed by atoms with Crippen LogP contribution in [0.25, 0.3) is 0 Å². The van der Waals surface area contributed by atoms with Crippen LogP contribution in [0.2, 0.25) is 0 Å². The maximum absolute atomic E-state index is 11.7. The molecule has 6 nitrogen and oxygen atoms in total. The summed E-state index contributed by atoms with van der Waals surface area (Å²) in [6, 6.07) is 2.14. The Hall–Kier alpha value is -1.76. The summed E-state index contributed by atoms with van der Waals surface area (Å²) in [5.41, 5.74) is 0.356. The number of carbonyl (C=O) groups is 1. The molecule has 0 bridgehead atoms. The van der Waals surface area contributed by atoms with Gasteiger partial charge in [-0.3, -0.25) is 0 Å². The fraction of sp³-hybridized carbons (Fsp3) is 0.571. The highest BCUT2D eigenvalue weighted by atomic mass is 32.1. The van der Waals surface area contributed by atoms with E-state index in [-0.39, 0.29) is 5.92 Å². The van der Waals surface area contributed by atoms with Crippen LogP contribution in [0, 0.1) is 0 Å². The first kappa shape index (κ1) is 12.9. The van der Waals surface area contributed by atoms with Crippen LogP contribution in [0.1, 0.15) is 54.3 Å².